The van der Waals surface area contributed by atoms with Gasteiger partial charge < -0.3 is 5.32 Å². The number of nitro benzene ring substituents is 1. The van der Waals surface area contributed by atoms with Crippen LogP contribution in [0, 0.1) is 22.9 Å². The third-order valence-electron chi connectivity index (χ3n) is 3.18. The van der Waals surface area contributed by atoms with Gasteiger partial charge in [-0.1, -0.05) is 6.07 Å². The van der Waals surface area contributed by atoms with E-state index in [1.54, 1.807) is 12.1 Å². The number of benzene rings is 2. The Morgan fingerprint density at radius 1 is 1.29 bits per heavy atom. The number of non-ortho nitro benzene ring substituents is 1. The van der Waals surface area contributed by atoms with Gasteiger partial charge in [-0.3, -0.25) is 10.1 Å². The lowest BCUT2D eigenvalue weighted by Crippen LogP contribution is -2.06. The summed E-state index contributed by atoms with van der Waals surface area (Å²) in [6, 6.07) is 9.32. The molecule has 0 bridgehead atoms. The number of nitro groups is 1. The predicted octanol–water partition coefficient (Wildman–Crippen LogP) is 4.46. The number of hydrogen-bond acceptors (Lipinski definition) is 3. The van der Waals surface area contributed by atoms with Crippen LogP contribution in [0.2, 0.25) is 0 Å². The zero-order valence-corrected chi connectivity index (χ0v) is 13.0. The molecule has 110 valence electrons. The van der Waals surface area contributed by atoms with E-state index in [4.69, 9.17) is 0 Å². The first-order valence-electron chi connectivity index (χ1n) is 6.40. The summed E-state index contributed by atoms with van der Waals surface area (Å²) in [7, 11) is 0. The molecular weight excluding hydrogens is 339 g/mol. The lowest BCUT2D eigenvalue weighted by atomic mass is 10.1. The molecule has 0 radical (unpaired) electrons. The van der Waals surface area contributed by atoms with Gasteiger partial charge in [0.05, 0.1) is 4.92 Å². The fraction of sp³-hybridized carbons (Fsp3) is 0.200. The summed E-state index contributed by atoms with van der Waals surface area (Å²) >= 11 is 3.31. The maximum Gasteiger partial charge on any atom is 0.270 e. The lowest BCUT2D eigenvalue weighted by molar-refractivity contribution is -0.384. The lowest BCUT2D eigenvalue weighted by Gasteiger charge is -2.10. The quantitative estimate of drug-likeness (QED) is 0.638. The Balaban J connectivity index is 1.99. The molecule has 2 aromatic rings. The van der Waals surface area contributed by atoms with Crippen LogP contribution in [0.15, 0.2) is 40.9 Å². The average Bonchev–Trinajstić information content (AvgIpc) is 2.42. The summed E-state index contributed by atoms with van der Waals surface area (Å²) < 4.78 is 13.7. The van der Waals surface area contributed by atoms with Gasteiger partial charge >= 0.3 is 0 Å². The van der Waals surface area contributed by atoms with Crippen molar-refractivity contribution in [3.63, 3.8) is 0 Å². The third-order valence-corrected chi connectivity index (χ3v) is 3.83. The molecule has 0 saturated heterocycles. The Hall–Kier alpha value is -1.95. The molecule has 2 rings (SSSR count). The van der Waals surface area contributed by atoms with Crippen LogP contribution in [0.5, 0.6) is 0 Å². The Morgan fingerprint density at radius 3 is 2.67 bits per heavy atom. The monoisotopic (exact) mass is 352 g/mol. The third kappa shape index (κ3) is 4.01. The summed E-state index contributed by atoms with van der Waals surface area (Å²) in [5.41, 5.74) is 2.82. The van der Waals surface area contributed by atoms with Crippen molar-refractivity contribution < 1.29 is 9.31 Å². The van der Waals surface area contributed by atoms with Crippen LogP contribution in [-0.4, -0.2) is 11.5 Å². The molecule has 0 aliphatic rings. The number of halogens is 2. The van der Waals surface area contributed by atoms with E-state index in [-0.39, 0.29) is 11.5 Å². The fourth-order valence-corrected chi connectivity index (χ4v) is 2.54. The van der Waals surface area contributed by atoms with E-state index in [0.717, 1.165) is 23.2 Å². The van der Waals surface area contributed by atoms with Gasteiger partial charge in [0, 0.05) is 28.8 Å². The van der Waals surface area contributed by atoms with Crippen molar-refractivity contribution in [2.75, 3.05) is 11.9 Å². The molecule has 0 atom stereocenters. The van der Waals surface area contributed by atoms with Gasteiger partial charge in [-0.15, -0.1) is 0 Å². The van der Waals surface area contributed by atoms with Crippen LogP contribution < -0.4 is 5.32 Å². The topological polar surface area (TPSA) is 55.2 Å². The molecule has 0 aliphatic carbocycles. The average molecular weight is 353 g/mol. The molecule has 0 aromatic heterocycles. The van der Waals surface area contributed by atoms with Crippen LogP contribution >= 0.6 is 15.9 Å². The van der Waals surface area contributed by atoms with Crippen molar-refractivity contribution in [3.8, 4) is 0 Å². The Morgan fingerprint density at radius 2 is 2.05 bits per heavy atom. The van der Waals surface area contributed by atoms with E-state index in [1.807, 2.05) is 6.92 Å². The van der Waals surface area contributed by atoms with Gasteiger partial charge in [0.15, 0.2) is 0 Å². The van der Waals surface area contributed by atoms with Gasteiger partial charge in [0.1, 0.15) is 5.82 Å². The summed E-state index contributed by atoms with van der Waals surface area (Å²) in [5, 5.41) is 13.9. The number of nitrogens with zero attached hydrogens (tertiary/aromatic N) is 1. The normalized spacial score (nSPS) is 10.4. The van der Waals surface area contributed by atoms with Gasteiger partial charge in [-0.05, 0) is 58.6 Å². The zero-order chi connectivity index (χ0) is 15.4. The highest BCUT2D eigenvalue weighted by Gasteiger charge is 2.08. The minimum atomic E-state index is -0.434. The van der Waals surface area contributed by atoms with Gasteiger partial charge in [0.2, 0.25) is 0 Å². The predicted molar refractivity (Wildman–Crippen MR) is 84.1 cm³/mol. The molecule has 0 aliphatic heterocycles. The zero-order valence-electron chi connectivity index (χ0n) is 11.4. The number of nitrogens with one attached hydrogen (secondary N) is 1. The second-order valence-electron chi connectivity index (χ2n) is 4.67. The van der Waals surface area contributed by atoms with Crippen LogP contribution in [0.25, 0.3) is 0 Å². The minimum absolute atomic E-state index is 0.0433. The molecule has 1 N–H and O–H groups in total. The molecule has 4 nitrogen and oxygen atoms in total. The second kappa shape index (κ2) is 6.67. The molecule has 0 spiro atoms. The summed E-state index contributed by atoms with van der Waals surface area (Å²) in [4.78, 5) is 10.2. The molecule has 0 unspecified atom stereocenters. The molecule has 0 amide bonds. The Kier molecular flexibility index (Phi) is 4.90. The molecule has 21 heavy (non-hydrogen) atoms. The summed E-state index contributed by atoms with van der Waals surface area (Å²) in [6.07, 6.45) is 0.746. The van der Waals surface area contributed by atoms with Gasteiger partial charge in [-0.25, -0.2) is 4.39 Å². The molecular formula is C15H14BrFN2O2. The van der Waals surface area contributed by atoms with Crippen LogP contribution in [0.3, 0.4) is 0 Å². The van der Waals surface area contributed by atoms with Crippen LogP contribution in [0.1, 0.15) is 11.1 Å². The fourth-order valence-electron chi connectivity index (χ4n) is 2.03. The molecule has 0 saturated carbocycles. The SMILES string of the molecule is Cc1cc(F)ccc1CCNc1ccc([N+](=O)[O-])cc1Br. The van der Waals surface area contributed by atoms with Crippen molar-refractivity contribution in [2.45, 2.75) is 13.3 Å². The smallest absolute Gasteiger partial charge is 0.270 e. The molecule has 0 heterocycles. The summed E-state index contributed by atoms with van der Waals surface area (Å²) in [5.74, 6) is -0.234. The standard InChI is InChI=1S/C15H14BrFN2O2/c1-10-8-12(17)3-2-11(10)6-7-18-15-5-4-13(19(20)21)9-14(15)16/h2-5,8-9,18H,6-7H2,1H3. The van der Waals surface area contributed by atoms with E-state index in [0.29, 0.717) is 11.0 Å². The second-order valence-corrected chi connectivity index (χ2v) is 5.52. The summed E-state index contributed by atoms with van der Waals surface area (Å²) in [6.45, 7) is 2.53. The van der Waals surface area contributed by atoms with E-state index in [9.17, 15) is 14.5 Å². The minimum Gasteiger partial charge on any atom is -0.384 e. The number of anilines is 1. The van der Waals surface area contributed by atoms with E-state index < -0.39 is 4.92 Å². The van der Waals surface area contributed by atoms with Crippen molar-refractivity contribution in [2.24, 2.45) is 0 Å². The van der Waals surface area contributed by atoms with Gasteiger partial charge in [-0.2, -0.15) is 0 Å². The molecule has 6 heteroatoms. The first kappa shape index (κ1) is 15.4. The number of aryl methyl sites for hydroxylation is 1. The van der Waals surface area contributed by atoms with Crippen molar-refractivity contribution >= 4 is 27.3 Å². The first-order valence-corrected chi connectivity index (χ1v) is 7.19. The number of rotatable bonds is 5. The van der Waals surface area contributed by atoms with E-state index in [2.05, 4.69) is 21.2 Å². The van der Waals surface area contributed by atoms with E-state index in [1.165, 1.54) is 24.3 Å². The number of hydrogen-bond donors (Lipinski definition) is 1. The van der Waals surface area contributed by atoms with E-state index >= 15 is 0 Å². The highest BCUT2D eigenvalue weighted by Crippen LogP contribution is 2.27. The Bertz CT molecular complexity index is 677. The van der Waals surface area contributed by atoms with Crippen LogP contribution in [-0.2, 0) is 6.42 Å². The maximum atomic E-state index is 13.0. The largest absolute Gasteiger partial charge is 0.384 e. The first-order chi connectivity index (χ1) is 9.97. The van der Waals surface area contributed by atoms with Crippen molar-refractivity contribution in [1.82, 2.24) is 0 Å². The highest BCUT2D eigenvalue weighted by atomic mass is 79.9. The maximum absolute atomic E-state index is 13.0. The van der Waals surface area contributed by atoms with Gasteiger partial charge in [0.25, 0.3) is 5.69 Å². The van der Waals surface area contributed by atoms with Crippen molar-refractivity contribution in [3.05, 3.63) is 67.9 Å². The highest BCUT2D eigenvalue weighted by molar-refractivity contribution is 9.10. The molecule has 0 fully saturated rings. The van der Waals surface area contributed by atoms with Crippen LogP contribution in [0.4, 0.5) is 15.8 Å². The molecule has 2 aromatic carbocycles. The van der Waals surface area contributed by atoms with Crippen molar-refractivity contribution in [1.29, 1.82) is 0 Å². The Labute approximate surface area is 130 Å².